The molecule has 9 heteroatoms. The molecule has 0 aromatic rings. The number of unbranched alkanes of at least 4 members (excludes halogenated alkanes) is 23. The molecule has 0 radical (unpaired) electrons. The smallest absolute Gasteiger partial charge is 0.391 e. The summed E-state index contributed by atoms with van der Waals surface area (Å²) in [5, 5.41) is 13.9. The van der Waals surface area contributed by atoms with Crippen LogP contribution in [0.15, 0.2) is 24.3 Å². The minimum Gasteiger partial charge on any atom is -0.391 e. The van der Waals surface area contributed by atoms with E-state index < -0.39 is 20.0 Å². The Labute approximate surface area is 328 Å². The van der Waals surface area contributed by atoms with E-state index in [2.05, 4.69) is 43.5 Å². The first-order chi connectivity index (χ1) is 25.5. The Hall–Kier alpha value is -1.02. The molecule has 3 N–H and O–H groups in total. The quantitative estimate of drug-likeness (QED) is 0.0248. The molecule has 1 amide bonds. The van der Waals surface area contributed by atoms with Crippen molar-refractivity contribution in [2.24, 2.45) is 0 Å². The van der Waals surface area contributed by atoms with Crippen LogP contribution in [0.3, 0.4) is 0 Å². The lowest BCUT2D eigenvalue weighted by molar-refractivity contribution is -0.870. The molecule has 0 bridgehead atoms. The summed E-state index contributed by atoms with van der Waals surface area (Å²) in [6, 6.07) is -0.764. The molecule has 3 unspecified atom stereocenters. The second-order valence-corrected chi connectivity index (χ2v) is 17.9. The summed E-state index contributed by atoms with van der Waals surface area (Å²) in [5.74, 6) is -0.159. The molecule has 0 saturated carbocycles. The highest BCUT2D eigenvalue weighted by Crippen LogP contribution is 2.43. The Bertz CT molecular complexity index is 922. The largest absolute Gasteiger partial charge is 0.472 e. The molecule has 0 saturated heterocycles. The number of rotatable bonds is 40. The molecule has 0 heterocycles. The van der Waals surface area contributed by atoms with E-state index in [1.807, 2.05) is 21.1 Å². The number of amides is 1. The molecule has 0 rings (SSSR count). The van der Waals surface area contributed by atoms with Gasteiger partial charge in [-0.2, -0.15) is 0 Å². The van der Waals surface area contributed by atoms with E-state index >= 15 is 0 Å². The van der Waals surface area contributed by atoms with Gasteiger partial charge in [-0.3, -0.25) is 13.8 Å². The average molecular weight is 772 g/mol. The van der Waals surface area contributed by atoms with E-state index in [9.17, 15) is 19.4 Å². The second kappa shape index (κ2) is 36.6. The number of phosphoric ester groups is 1. The molecule has 8 nitrogen and oxygen atoms in total. The van der Waals surface area contributed by atoms with Crippen LogP contribution in [0.1, 0.15) is 200 Å². The van der Waals surface area contributed by atoms with Crippen LogP contribution in [0.5, 0.6) is 0 Å². The van der Waals surface area contributed by atoms with Gasteiger partial charge in [0.25, 0.3) is 0 Å². The fourth-order valence-corrected chi connectivity index (χ4v) is 7.11. The zero-order valence-corrected chi connectivity index (χ0v) is 36.4. The maximum absolute atomic E-state index is 12.9. The van der Waals surface area contributed by atoms with Gasteiger partial charge in [-0.25, -0.2) is 4.57 Å². The molecular weight excluding hydrogens is 683 g/mol. The molecule has 0 aromatic heterocycles. The monoisotopic (exact) mass is 772 g/mol. The van der Waals surface area contributed by atoms with Crippen LogP contribution in [0.4, 0.5) is 0 Å². The number of phosphoric acid groups is 1. The van der Waals surface area contributed by atoms with Crippen LogP contribution in [-0.4, -0.2) is 73.4 Å². The summed E-state index contributed by atoms with van der Waals surface area (Å²) in [6.07, 6.45) is 42.0. The van der Waals surface area contributed by atoms with Gasteiger partial charge in [-0.05, 0) is 38.5 Å². The Balaban J connectivity index is 4.36. The first kappa shape index (κ1) is 52.0. The van der Waals surface area contributed by atoms with Crippen molar-refractivity contribution in [3.05, 3.63) is 24.3 Å². The zero-order valence-electron chi connectivity index (χ0n) is 35.5. The molecule has 0 aromatic carbocycles. The van der Waals surface area contributed by atoms with Crippen molar-refractivity contribution in [3.63, 3.8) is 0 Å². The van der Waals surface area contributed by atoms with Crippen LogP contribution < -0.4 is 5.32 Å². The fraction of sp³-hybridized carbons (Fsp3) is 0.886. The van der Waals surface area contributed by atoms with Gasteiger partial charge in [0.05, 0.1) is 39.9 Å². The topological polar surface area (TPSA) is 105 Å². The van der Waals surface area contributed by atoms with Gasteiger partial charge in [0, 0.05) is 6.42 Å². The Morgan fingerprint density at radius 1 is 0.642 bits per heavy atom. The molecule has 0 aliphatic heterocycles. The van der Waals surface area contributed by atoms with Gasteiger partial charge in [0.15, 0.2) is 0 Å². The van der Waals surface area contributed by atoms with Gasteiger partial charge < -0.3 is 19.8 Å². The predicted octanol–water partition coefficient (Wildman–Crippen LogP) is 12.1. The number of allylic oxidation sites excluding steroid dienone is 4. The number of aliphatic hydroxyl groups is 1. The maximum Gasteiger partial charge on any atom is 0.472 e. The van der Waals surface area contributed by atoms with Crippen LogP contribution in [0.2, 0.25) is 0 Å². The van der Waals surface area contributed by atoms with Crippen LogP contribution >= 0.6 is 7.82 Å². The molecular formula is C44H88N2O6P+. The fourth-order valence-electron chi connectivity index (χ4n) is 6.38. The molecule has 53 heavy (non-hydrogen) atoms. The highest BCUT2D eigenvalue weighted by molar-refractivity contribution is 7.47. The van der Waals surface area contributed by atoms with Crippen LogP contribution in [-0.2, 0) is 18.4 Å². The Kier molecular flexibility index (Phi) is 35.9. The van der Waals surface area contributed by atoms with Gasteiger partial charge in [0.1, 0.15) is 13.2 Å². The Morgan fingerprint density at radius 3 is 1.62 bits per heavy atom. The molecule has 0 aliphatic rings. The number of hydrogen-bond acceptors (Lipinski definition) is 5. The number of carbonyl (C=O) groups excluding carboxylic acids is 1. The molecule has 3 atom stereocenters. The number of nitrogens with one attached hydrogen (secondary N) is 1. The predicted molar refractivity (Wildman–Crippen MR) is 226 cm³/mol. The third kappa shape index (κ3) is 39.0. The summed E-state index contributed by atoms with van der Waals surface area (Å²) in [5.41, 5.74) is 0. The first-order valence-corrected chi connectivity index (χ1v) is 23.7. The van der Waals surface area contributed by atoms with E-state index in [4.69, 9.17) is 9.05 Å². The Morgan fingerprint density at radius 2 is 1.11 bits per heavy atom. The van der Waals surface area contributed by atoms with Crippen molar-refractivity contribution in [3.8, 4) is 0 Å². The number of likely N-dealkylation sites (N-methyl/N-ethyl adjacent to an activating group) is 1. The first-order valence-electron chi connectivity index (χ1n) is 22.2. The molecule has 0 fully saturated rings. The van der Waals surface area contributed by atoms with Gasteiger partial charge in [0.2, 0.25) is 5.91 Å². The van der Waals surface area contributed by atoms with Crippen molar-refractivity contribution in [2.75, 3.05) is 40.9 Å². The highest BCUT2D eigenvalue weighted by atomic mass is 31.2. The van der Waals surface area contributed by atoms with Crippen molar-refractivity contribution >= 4 is 13.7 Å². The average Bonchev–Trinajstić information content (AvgIpc) is 3.10. The lowest BCUT2D eigenvalue weighted by Gasteiger charge is -2.26. The number of nitrogens with zero attached hydrogens (tertiary/aromatic N) is 1. The van der Waals surface area contributed by atoms with Gasteiger partial charge in [-0.1, -0.05) is 179 Å². The van der Waals surface area contributed by atoms with E-state index in [0.717, 1.165) is 70.6 Å². The van der Waals surface area contributed by atoms with Crippen molar-refractivity contribution in [2.45, 2.75) is 212 Å². The standard InChI is InChI=1S/C44H87N2O6P/c1-6-8-10-12-14-16-18-20-21-22-23-24-26-27-29-31-33-35-37-43(47)42(41-52-53(49,50)51-40-39-46(3,4)5)45-44(48)38-36-34-32-30-28-25-19-17-15-13-11-9-7-2/h11,13,17,19,42-43,47H,6-10,12,14-16,18,20-41H2,1-5H3,(H-,45,48,49,50)/p+1/b13-11-,19-17-. The summed E-state index contributed by atoms with van der Waals surface area (Å²) in [7, 11) is 1.61. The van der Waals surface area contributed by atoms with Crippen molar-refractivity contribution in [1.82, 2.24) is 5.32 Å². The number of hydrogen-bond donors (Lipinski definition) is 3. The summed E-state index contributed by atoms with van der Waals surface area (Å²) < 4.78 is 23.6. The minimum absolute atomic E-state index is 0.0723. The highest BCUT2D eigenvalue weighted by Gasteiger charge is 2.28. The summed E-state index contributed by atoms with van der Waals surface area (Å²) in [6.45, 7) is 4.81. The summed E-state index contributed by atoms with van der Waals surface area (Å²) >= 11 is 0. The zero-order chi connectivity index (χ0) is 39.3. The van der Waals surface area contributed by atoms with E-state index in [1.54, 1.807) is 0 Å². The van der Waals surface area contributed by atoms with E-state index in [1.165, 1.54) is 103 Å². The normalized spacial score (nSPS) is 14.6. The lowest BCUT2D eigenvalue weighted by atomic mass is 10.0. The van der Waals surface area contributed by atoms with Crippen LogP contribution in [0, 0.1) is 0 Å². The number of quaternary nitrogens is 1. The molecule has 0 aliphatic carbocycles. The second-order valence-electron chi connectivity index (χ2n) is 16.4. The third-order valence-electron chi connectivity index (χ3n) is 9.93. The van der Waals surface area contributed by atoms with Gasteiger partial charge >= 0.3 is 7.82 Å². The number of carbonyl (C=O) groups is 1. The van der Waals surface area contributed by atoms with Crippen molar-refractivity contribution < 1.29 is 32.9 Å². The third-order valence-corrected chi connectivity index (χ3v) is 10.9. The summed E-state index contributed by atoms with van der Waals surface area (Å²) in [4.78, 5) is 23.1. The SMILES string of the molecule is CCC/C=C\C/C=C\CCCCCCCC(=O)NC(COP(=O)(O)OCC[N+](C)(C)C)C(O)CCCCCCCCCCCCCCCCCCCC. The van der Waals surface area contributed by atoms with Gasteiger partial charge in [-0.15, -0.1) is 0 Å². The molecule has 314 valence electrons. The van der Waals surface area contributed by atoms with E-state index in [0.29, 0.717) is 23.9 Å². The lowest BCUT2D eigenvalue weighted by Crippen LogP contribution is -2.46. The van der Waals surface area contributed by atoms with E-state index in [-0.39, 0.29) is 19.1 Å². The maximum atomic E-state index is 12.9. The van der Waals surface area contributed by atoms with Crippen molar-refractivity contribution in [1.29, 1.82) is 0 Å². The number of aliphatic hydroxyl groups excluding tert-OH is 1. The minimum atomic E-state index is -4.31. The van der Waals surface area contributed by atoms with Crippen LogP contribution in [0.25, 0.3) is 0 Å². The molecule has 0 spiro atoms.